The van der Waals surface area contributed by atoms with E-state index in [0.29, 0.717) is 12.1 Å². The molecule has 8 heteroatoms. The summed E-state index contributed by atoms with van der Waals surface area (Å²) in [6.45, 7) is 2.74. The van der Waals surface area contributed by atoms with Crippen LogP contribution in [0.25, 0.3) is 11.0 Å². The molecule has 0 fully saturated rings. The van der Waals surface area contributed by atoms with Crippen LogP contribution in [0.15, 0.2) is 81.5 Å². The van der Waals surface area contributed by atoms with Crippen LogP contribution >= 0.6 is 27.7 Å². The van der Waals surface area contributed by atoms with E-state index >= 15 is 0 Å². The van der Waals surface area contributed by atoms with Crippen molar-refractivity contribution in [2.24, 2.45) is 5.10 Å². The third-order valence-electron chi connectivity index (χ3n) is 4.80. The number of phenols is 1. The number of carbonyl (C=O) groups is 1. The van der Waals surface area contributed by atoms with E-state index in [0.717, 1.165) is 20.7 Å². The van der Waals surface area contributed by atoms with Gasteiger partial charge in [0.15, 0.2) is 5.16 Å². The summed E-state index contributed by atoms with van der Waals surface area (Å²) >= 11 is 4.71. The zero-order chi connectivity index (χ0) is 22.5. The van der Waals surface area contributed by atoms with Gasteiger partial charge in [-0.15, -0.1) is 0 Å². The van der Waals surface area contributed by atoms with Gasteiger partial charge in [-0.3, -0.25) is 4.79 Å². The van der Waals surface area contributed by atoms with Crippen molar-refractivity contribution in [1.82, 2.24) is 15.0 Å². The molecule has 32 heavy (non-hydrogen) atoms. The van der Waals surface area contributed by atoms with Crippen LogP contribution in [-0.2, 0) is 11.3 Å². The average molecular weight is 509 g/mol. The van der Waals surface area contributed by atoms with E-state index in [1.165, 1.54) is 29.1 Å². The van der Waals surface area contributed by atoms with Gasteiger partial charge in [0.25, 0.3) is 5.91 Å². The number of aromatic nitrogens is 2. The molecule has 1 aromatic heterocycles. The maximum Gasteiger partial charge on any atom is 0.250 e. The minimum absolute atomic E-state index is 0.0883. The number of nitrogens with one attached hydrogen (secondary N) is 1. The number of carbonyl (C=O) groups excluding carboxylic acids is 1. The van der Waals surface area contributed by atoms with E-state index in [1.54, 1.807) is 18.2 Å². The summed E-state index contributed by atoms with van der Waals surface area (Å²) in [6.07, 6.45) is 1.41. The number of halogens is 1. The maximum absolute atomic E-state index is 12.3. The van der Waals surface area contributed by atoms with Gasteiger partial charge in [0, 0.05) is 10.0 Å². The number of phenolic OH excluding ortho intramolecular Hbond substituents is 1. The van der Waals surface area contributed by atoms with E-state index in [2.05, 4.69) is 62.2 Å². The molecule has 3 aromatic carbocycles. The fourth-order valence-corrected chi connectivity index (χ4v) is 4.34. The first-order valence-electron chi connectivity index (χ1n) is 9.93. The van der Waals surface area contributed by atoms with Crippen molar-refractivity contribution in [2.75, 3.05) is 5.75 Å². The molecule has 0 aliphatic carbocycles. The topological polar surface area (TPSA) is 79.5 Å². The summed E-state index contributed by atoms with van der Waals surface area (Å²) < 4.78 is 2.94. The van der Waals surface area contributed by atoms with Crippen molar-refractivity contribution in [3.05, 3.63) is 87.9 Å². The van der Waals surface area contributed by atoms with Gasteiger partial charge in [0.1, 0.15) is 5.75 Å². The number of hydrazone groups is 1. The highest BCUT2D eigenvalue weighted by atomic mass is 79.9. The Morgan fingerprint density at radius 3 is 2.78 bits per heavy atom. The second-order valence-corrected chi connectivity index (χ2v) is 9.10. The minimum Gasteiger partial charge on any atom is -0.507 e. The average Bonchev–Trinajstić information content (AvgIpc) is 3.13. The normalized spacial score (nSPS) is 11.3. The summed E-state index contributed by atoms with van der Waals surface area (Å²) in [5.74, 6) is -0.000896. The third-order valence-corrected chi connectivity index (χ3v) is 6.27. The summed E-state index contributed by atoms with van der Waals surface area (Å²) in [7, 11) is 0. The molecule has 0 unspecified atom stereocenters. The zero-order valence-electron chi connectivity index (χ0n) is 17.3. The van der Waals surface area contributed by atoms with Crippen molar-refractivity contribution < 1.29 is 9.90 Å². The van der Waals surface area contributed by atoms with E-state index in [-0.39, 0.29) is 17.4 Å². The second kappa shape index (κ2) is 10.0. The Labute approximate surface area is 198 Å². The Morgan fingerprint density at radius 1 is 1.19 bits per heavy atom. The number of benzene rings is 3. The standard InChI is InChI=1S/C24H21BrN4O2S/c1-16-6-8-17(9-7-16)14-29-21-5-3-2-4-20(21)27-24(29)32-15-23(31)28-26-13-18-12-19(25)10-11-22(18)30/h2-13,30H,14-15H2,1H3,(H,28,31)/b26-13+. The minimum atomic E-state index is -0.255. The number of imidazole rings is 1. The molecular formula is C24H21BrN4O2S. The smallest absolute Gasteiger partial charge is 0.250 e. The fourth-order valence-electron chi connectivity index (χ4n) is 3.16. The van der Waals surface area contributed by atoms with Gasteiger partial charge < -0.3 is 9.67 Å². The quantitative estimate of drug-likeness (QED) is 0.206. The van der Waals surface area contributed by atoms with Crippen LogP contribution in [0.2, 0.25) is 0 Å². The first kappa shape index (κ1) is 22.1. The molecule has 6 nitrogen and oxygen atoms in total. The highest BCUT2D eigenvalue weighted by molar-refractivity contribution is 9.10. The number of aryl methyl sites for hydroxylation is 1. The van der Waals surface area contributed by atoms with Gasteiger partial charge in [0.05, 0.1) is 29.5 Å². The molecule has 4 rings (SSSR count). The lowest BCUT2D eigenvalue weighted by molar-refractivity contribution is -0.118. The summed E-state index contributed by atoms with van der Waals surface area (Å²) in [6, 6.07) is 21.4. The van der Waals surface area contributed by atoms with Crippen molar-refractivity contribution in [1.29, 1.82) is 0 Å². The van der Waals surface area contributed by atoms with E-state index in [4.69, 9.17) is 4.98 Å². The van der Waals surface area contributed by atoms with E-state index in [9.17, 15) is 9.90 Å². The molecule has 0 saturated heterocycles. The Hall–Kier alpha value is -3.10. The van der Waals surface area contributed by atoms with Crippen LogP contribution < -0.4 is 5.43 Å². The summed E-state index contributed by atoms with van der Waals surface area (Å²) in [5, 5.41) is 14.6. The van der Waals surface area contributed by atoms with Crippen LogP contribution in [0, 0.1) is 6.92 Å². The Kier molecular flexibility index (Phi) is 6.92. The van der Waals surface area contributed by atoms with Crippen LogP contribution in [0.1, 0.15) is 16.7 Å². The van der Waals surface area contributed by atoms with Crippen LogP contribution in [-0.4, -0.2) is 32.5 Å². The number of nitrogens with zero attached hydrogens (tertiary/aromatic N) is 3. The summed E-state index contributed by atoms with van der Waals surface area (Å²) in [4.78, 5) is 17.0. The Balaban J connectivity index is 1.45. The molecule has 0 aliphatic rings. The number of amides is 1. The van der Waals surface area contributed by atoms with E-state index < -0.39 is 0 Å². The second-order valence-electron chi connectivity index (χ2n) is 7.24. The third kappa shape index (κ3) is 5.38. The number of hydrogen-bond donors (Lipinski definition) is 2. The number of hydrogen-bond acceptors (Lipinski definition) is 5. The predicted molar refractivity (Wildman–Crippen MR) is 132 cm³/mol. The number of fused-ring (bicyclic) bond motifs is 1. The Bertz CT molecular complexity index is 1290. The van der Waals surface area contributed by atoms with Gasteiger partial charge in [-0.25, -0.2) is 10.4 Å². The highest BCUT2D eigenvalue weighted by Gasteiger charge is 2.13. The first-order valence-corrected chi connectivity index (χ1v) is 11.7. The first-order chi connectivity index (χ1) is 15.5. The number of thioether (sulfide) groups is 1. The predicted octanol–water partition coefficient (Wildman–Crippen LogP) is 5.10. The molecule has 1 amide bonds. The van der Waals surface area contributed by atoms with Gasteiger partial charge in [-0.1, -0.05) is 69.7 Å². The lowest BCUT2D eigenvalue weighted by Gasteiger charge is -2.09. The zero-order valence-corrected chi connectivity index (χ0v) is 19.7. The number of rotatable bonds is 7. The molecule has 0 bridgehead atoms. The molecular weight excluding hydrogens is 488 g/mol. The van der Waals surface area contributed by atoms with Crippen molar-refractivity contribution in [2.45, 2.75) is 18.6 Å². The molecule has 0 aliphatic heterocycles. The Morgan fingerprint density at radius 2 is 1.97 bits per heavy atom. The molecule has 1 heterocycles. The van der Waals surface area contributed by atoms with Gasteiger partial charge >= 0.3 is 0 Å². The van der Waals surface area contributed by atoms with Crippen molar-refractivity contribution >= 4 is 50.8 Å². The van der Waals surface area contributed by atoms with Crippen LogP contribution in [0.3, 0.4) is 0 Å². The van der Waals surface area contributed by atoms with Gasteiger partial charge in [-0.05, 0) is 42.8 Å². The van der Waals surface area contributed by atoms with Crippen LogP contribution in [0.4, 0.5) is 0 Å². The monoisotopic (exact) mass is 508 g/mol. The largest absolute Gasteiger partial charge is 0.507 e. The number of aromatic hydroxyl groups is 1. The van der Waals surface area contributed by atoms with Gasteiger partial charge in [0.2, 0.25) is 0 Å². The fraction of sp³-hybridized carbons (Fsp3) is 0.125. The molecule has 2 N–H and O–H groups in total. The lowest BCUT2D eigenvalue weighted by Crippen LogP contribution is -2.20. The van der Waals surface area contributed by atoms with Crippen molar-refractivity contribution in [3.8, 4) is 5.75 Å². The molecule has 0 atom stereocenters. The lowest BCUT2D eigenvalue weighted by atomic mass is 10.1. The molecule has 4 aromatic rings. The summed E-state index contributed by atoms with van der Waals surface area (Å²) in [5.41, 5.74) is 7.32. The van der Waals surface area contributed by atoms with Crippen molar-refractivity contribution in [3.63, 3.8) is 0 Å². The number of para-hydroxylation sites is 2. The SMILES string of the molecule is Cc1ccc(Cn2c(SCC(=O)N/N=C/c3cc(Br)ccc3O)nc3ccccc32)cc1. The van der Waals surface area contributed by atoms with Gasteiger partial charge in [-0.2, -0.15) is 5.10 Å². The molecule has 0 radical (unpaired) electrons. The van der Waals surface area contributed by atoms with Crippen LogP contribution in [0.5, 0.6) is 5.75 Å². The molecule has 162 valence electrons. The molecule has 0 saturated carbocycles. The van der Waals surface area contributed by atoms with E-state index in [1.807, 2.05) is 24.3 Å². The molecule has 0 spiro atoms. The maximum atomic E-state index is 12.3. The highest BCUT2D eigenvalue weighted by Crippen LogP contribution is 2.25.